The van der Waals surface area contributed by atoms with Crippen LogP contribution in [0, 0.1) is 16.7 Å². The summed E-state index contributed by atoms with van der Waals surface area (Å²) < 4.78 is 26.8. The van der Waals surface area contributed by atoms with Crippen molar-refractivity contribution in [2.45, 2.75) is 46.1 Å². The average Bonchev–Trinajstić information content (AvgIpc) is 3.07. The van der Waals surface area contributed by atoms with Crippen LogP contribution in [0.3, 0.4) is 0 Å². The second-order valence-corrected chi connectivity index (χ2v) is 11.8. The Morgan fingerprint density at radius 3 is 2.45 bits per heavy atom. The van der Waals surface area contributed by atoms with Crippen LogP contribution in [0.1, 0.15) is 62.0 Å². The predicted molar refractivity (Wildman–Crippen MR) is 128 cm³/mol. The van der Waals surface area contributed by atoms with E-state index in [9.17, 15) is 23.3 Å². The number of hydrogen-bond donors (Lipinski definition) is 0. The molecule has 172 valence electrons. The molecule has 0 atom stereocenters. The van der Waals surface area contributed by atoms with Gasteiger partial charge in [-0.2, -0.15) is 5.26 Å². The van der Waals surface area contributed by atoms with Crippen LogP contribution in [-0.4, -0.2) is 34.8 Å². The summed E-state index contributed by atoms with van der Waals surface area (Å²) in [6.07, 6.45) is 1.22. The Morgan fingerprint density at radius 1 is 1.12 bits per heavy atom. The molecule has 4 rings (SSSR count). The van der Waals surface area contributed by atoms with E-state index in [0.29, 0.717) is 40.7 Å². The summed E-state index contributed by atoms with van der Waals surface area (Å²) >= 11 is 0. The molecular weight excluding hydrogens is 438 g/mol. The monoisotopic (exact) mass is 465 g/mol. The molecule has 0 saturated carbocycles. The van der Waals surface area contributed by atoms with Crippen molar-refractivity contribution >= 4 is 26.7 Å². The Morgan fingerprint density at radius 2 is 1.82 bits per heavy atom. The van der Waals surface area contributed by atoms with Crippen molar-refractivity contribution in [3.8, 4) is 11.8 Å². The Bertz CT molecular complexity index is 1440. The molecule has 3 aromatic rings. The quantitative estimate of drug-likeness (QED) is 0.529. The van der Waals surface area contributed by atoms with Crippen molar-refractivity contribution in [2.75, 3.05) is 11.5 Å². The van der Waals surface area contributed by atoms with Gasteiger partial charge in [0.2, 0.25) is 0 Å². The number of benzene rings is 2. The zero-order valence-electron chi connectivity index (χ0n) is 19.0. The number of sulfone groups is 1. The van der Waals surface area contributed by atoms with Gasteiger partial charge in [0.05, 0.1) is 39.9 Å². The molecule has 2 aromatic carbocycles. The molecule has 0 amide bonds. The van der Waals surface area contributed by atoms with E-state index >= 15 is 0 Å². The maximum Gasteiger partial charge on any atom is 0.333 e. The zero-order valence-corrected chi connectivity index (χ0v) is 19.9. The zero-order chi connectivity index (χ0) is 24.0. The molecule has 0 aliphatic carbocycles. The SMILES string of the molecule is CC(C)n1c(=O)n(-c2cccc(C#N)c2)c2ccc(C(=O)CC3(C)CCS(=O)(=O)CC3)cc21. The molecule has 7 nitrogen and oxygen atoms in total. The molecule has 0 bridgehead atoms. The maximum atomic E-state index is 13.3. The number of nitriles is 1. The number of hydrogen-bond acceptors (Lipinski definition) is 5. The fraction of sp³-hybridized carbons (Fsp3) is 0.400. The third-order valence-electron chi connectivity index (χ3n) is 6.57. The number of carbonyl (C=O) groups excluding carboxylic acids is 1. The van der Waals surface area contributed by atoms with Gasteiger partial charge in [-0.15, -0.1) is 0 Å². The molecule has 8 heteroatoms. The molecule has 1 fully saturated rings. The summed E-state index contributed by atoms with van der Waals surface area (Å²) in [5.74, 6) is 0.182. The van der Waals surface area contributed by atoms with E-state index in [1.807, 2.05) is 20.8 Å². The summed E-state index contributed by atoms with van der Waals surface area (Å²) in [6, 6.07) is 14.1. The van der Waals surface area contributed by atoms with Gasteiger partial charge >= 0.3 is 5.69 Å². The lowest BCUT2D eigenvalue weighted by molar-refractivity contribution is 0.0911. The minimum Gasteiger partial charge on any atom is -0.294 e. The number of carbonyl (C=O) groups is 1. The molecule has 1 aliphatic heterocycles. The van der Waals surface area contributed by atoms with Gasteiger partial charge in [-0.1, -0.05) is 13.0 Å². The highest BCUT2D eigenvalue weighted by Gasteiger charge is 2.35. The summed E-state index contributed by atoms with van der Waals surface area (Å²) in [5, 5.41) is 9.25. The van der Waals surface area contributed by atoms with Crippen LogP contribution in [0.5, 0.6) is 0 Å². The average molecular weight is 466 g/mol. The summed E-state index contributed by atoms with van der Waals surface area (Å²) in [5.41, 5.74) is 2.30. The van der Waals surface area contributed by atoms with Crippen molar-refractivity contribution in [1.82, 2.24) is 9.13 Å². The highest BCUT2D eigenvalue weighted by Crippen LogP contribution is 2.36. The highest BCUT2D eigenvalue weighted by molar-refractivity contribution is 7.91. The Hall–Kier alpha value is -3.18. The molecule has 0 unspecified atom stereocenters. The van der Waals surface area contributed by atoms with Crippen LogP contribution in [0.15, 0.2) is 47.3 Å². The topological polar surface area (TPSA) is 102 Å². The number of fused-ring (bicyclic) bond motifs is 1. The largest absolute Gasteiger partial charge is 0.333 e. The molecule has 0 spiro atoms. The van der Waals surface area contributed by atoms with Gasteiger partial charge in [-0.05, 0) is 68.5 Å². The van der Waals surface area contributed by atoms with Crippen molar-refractivity contribution in [3.05, 3.63) is 64.1 Å². The van der Waals surface area contributed by atoms with E-state index in [1.54, 1.807) is 51.6 Å². The summed E-state index contributed by atoms with van der Waals surface area (Å²) in [4.78, 5) is 26.5. The van der Waals surface area contributed by atoms with Crippen LogP contribution in [0.2, 0.25) is 0 Å². The Labute approximate surface area is 193 Å². The van der Waals surface area contributed by atoms with Crippen LogP contribution in [0.25, 0.3) is 16.7 Å². The fourth-order valence-corrected chi connectivity index (χ4v) is 6.36. The standard InChI is InChI=1S/C25H27N3O4S/c1-17(2)27-22-14-19(23(29)15-25(3)9-11-33(31,32)12-10-25)7-8-21(22)28(24(27)30)20-6-4-5-18(13-20)16-26/h4-8,13-14,17H,9-12,15H2,1-3H3. The molecule has 0 N–H and O–H groups in total. The second kappa shape index (κ2) is 8.31. The second-order valence-electron chi connectivity index (χ2n) is 9.51. The lowest BCUT2D eigenvalue weighted by Gasteiger charge is -2.32. The summed E-state index contributed by atoms with van der Waals surface area (Å²) in [7, 11) is -3.00. The van der Waals surface area contributed by atoms with E-state index in [1.165, 1.54) is 0 Å². The highest BCUT2D eigenvalue weighted by atomic mass is 32.2. The molecule has 0 radical (unpaired) electrons. The summed E-state index contributed by atoms with van der Waals surface area (Å²) in [6.45, 7) is 5.80. The molecule has 33 heavy (non-hydrogen) atoms. The van der Waals surface area contributed by atoms with E-state index in [4.69, 9.17) is 0 Å². The number of aromatic nitrogens is 2. The van der Waals surface area contributed by atoms with E-state index < -0.39 is 9.84 Å². The van der Waals surface area contributed by atoms with Gasteiger partial charge < -0.3 is 0 Å². The number of imidazole rings is 1. The molecule has 2 heterocycles. The lowest BCUT2D eigenvalue weighted by Crippen LogP contribution is -2.33. The van der Waals surface area contributed by atoms with Crippen molar-refractivity contribution < 1.29 is 13.2 Å². The third kappa shape index (κ3) is 4.38. The lowest BCUT2D eigenvalue weighted by atomic mass is 9.78. The van der Waals surface area contributed by atoms with Crippen LogP contribution < -0.4 is 5.69 Å². The number of ketones is 1. The van der Waals surface area contributed by atoms with Gasteiger partial charge in [0.25, 0.3) is 0 Å². The van der Waals surface area contributed by atoms with Crippen LogP contribution in [-0.2, 0) is 9.84 Å². The van der Waals surface area contributed by atoms with Crippen molar-refractivity contribution in [2.24, 2.45) is 5.41 Å². The molecule has 1 aromatic heterocycles. The molecule has 1 saturated heterocycles. The normalized spacial score (nSPS) is 17.2. The number of nitrogens with zero attached hydrogens (tertiary/aromatic N) is 3. The third-order valence-corrected chi connectivity index (χ3v) is 8.22. The minimum atomic E-state index is -3.00. The van der Waals surface area contributed by atoms with Gasteiger partial charge in [-0.3, -0.25) is 13.9 Å². The van der Waals surface area contributed by atoms with E-state index in [-0.39, 0.29) is 40.9 Å². The van der Waals surface area contributed by atoms with Crippen LogP contribution >= 0.6 is 0 Å². The van der Waals surface area contributed by atoms with Crippen LogP contribution in [0.4, 0.5) is 0 Å². The Kier molecular flexibility index (Phi) is 5.79. The van der Waals surface area contributed by atoms with Gasteiger partial charge in [0.1, 0.15) is 9.84 Å². The molecular formula is C25H27N3O4S. The molecule has 1 aliphatic rings. The number of rotatable bonds is 5. The van der Waals surface area contributed by atoms with E-state index in [2.05, 4.69) is 6.07 Å². The predicted octanol–water partition coefficient (Wildman–Crippen LogP) is 4.03. The first-order valence-corrected chi connectivity index (χ1v) is 12.9. The first-order valence-electron chi connectivity index (χ1n) is 11.0. The first kappa shape index (κ1) is 23.0. The first-order chi connectivity index (χ1) is 15.5. The van der Waals surface area contributed by atoms with E-state index in [0.717, 1.165) is 0 Å². The number of Topliss-reactive ketones (excluding diaryl/α,β-unsaturated/α-hetero) is 1. The van der Waals surface area contributed by atoms with Gasteiger partial charge in [0, 0.05) is 18.0 Å². The van der Waals surface area contributed by atoms with Crippen molar-refractivity contribution in [3.63, 3.8) is 0 Å². The minimum absolute atomic E-state index is 0.0549. The fourth-order valence-electron chi connectivity index (χ4n) is 4.55. The maximum absolute atomic E-state index is 13.3. The van der Waals surface area contributed by atoms with Gasteiger partial charge in [-0.25, -0.2) is 13.2 Å². The Balaban J connectivity index is 1.76. The smallest absolute Gasteiger partial charge is 0.294 e. The van der Waals surface area contributed by atoms with Crippen molar-refractivity contribution in [1.29, 1.82) is 5.26 Å². The van der Waals surface area contributed by atoms with Gasteiger partial charge in [0.15, 0.2) is 5.78 Å².